The van der Waals surface area contributed by atoms with Gasteiger partial charge in [-0.3, -0.25) is 0 Å². The van der Waals surface area contributed by atoms with Crippen LogP contribution in [0.1, 0.15) is 65.3 Å². The number of ether oxygens (including phenoxy) is 1. The molecule has 1 aromatic heterocycles. The lowest BCUT2D eigenvalue weighted by Gasteiger charge is -2.34. The summed E-state index contributed by atoms with van der Waals surface area (Å²) >= 11 is 0. The van der Waals surface area contributed by atoms with Gasteiger partial charge in [0.1, 0.15) is 17.2 Å². The van der Waals surface area contributed by atoms with Gasteiger partial charge in [-0.15, -0.1) is 0 Å². The molecule has 2 heterocycles. The van der Waals surface area contributed by atoms with Crippen molar-refractivity contribution in [2.75, 3.05) is 19.6 Å². The summed E-state index contributed by atoms with van der Waals surface area (Å²) in [6.45, 7) is 14.8. The van der Waals surface area contributed by atoms with Crippen LogP contribution >= 0.6 is 0 Å². The van der Waals surface area contributed by atoms with Gasteiger partial charge in [-0.1, -0.05) is 51.1 Å². The third-order valence-electron chi connectivity index (χ3n) is 7.32. The van der Waals surface area contributed by atoms with Crippen LogP contribution in [0.25, 0.3) is 11.1 Å². The molecule has 1 aliphatic heterocycles. The van der Waals surface area contributed by atoms with Gasteiger partial charge in [0.15, 0.2) is 0 Å². The number of carbonyl (C=O) groups is 2. The van der Waals surface area contributed by atoms with Crippen molar-refractivity contribution in [3.8, 4) is 11.1 Å². The zero-order valence-corrected chi connectivity index (χ0v) is 26.9. The molecule has 1 fully saturated rings. The first-order valence-electron chi connectivity index (χ1n) is 15.0. The van der Waals surface area contributed by atoms with E-state index in [1.165, 1.54) is 12.1 Å². The molecule has 0 spiro atoms. The first kappa shape index (κ1) is 36.5. The zero-order chi connectivity index (χ0) is 34.4. The number of aromatic nitrogens is 1. The fourth-order valence-electron chi connectivity index (χ4n) is 5.18. The van der Waals surface area contributed by atoms with Crippen molar-refractivity contribution >= 4 is 12.1 Å². The van der Waals surface area contributed by atoms with Crippen LogP contribution in [0, 0.1) is 23.0 Å². The highest BCUT2D eigenvalue weighted by Gasteiger charge is 2.38. The lowest BCUT2D eigenvalue weighted by atomic mass is 9.84. The number of hydrogen-bond acceptors (Lipinski definition) is 4. The molecule has 46 heavy (non-hydrogen) atoms. The highest BCUT2D eigenvalue weighted by molar-refractivity contribution is 5.73. The summed E-state index contributed by atoms with van der Waals surface area (Å²) in [6, 6.07) is 15.6. The Morgan fingerprint density at radius 2 is 1.63 bits per heavy atom. The van der Waals surface area contributed by atoms with Gasteiger partial charge in [-0.25, -0.2) is 18.4 Å². The van der Waals surface area contributed by atoms with Crippen LogP contribution in [-0.2, 0) is 16.1 Å². The third-order valence-corrected chi connectivity index (χ3v) is 7.32. The van der Waals surface area contributed by atoms with Gasteiger partial charge < -0.3 is 24.6 Å². The Kier molecular flexibility index (Phi) is 11.6. The quantitative estimate of drug-likeness (QED) is 0.253. The van der Waals surface area contributed by atoms with Crippen molar-refractivity contribution < 1.29 is 41.4 Å². The fraction of sp³-hybridized carbons (Fsp3) is 0.471. The summed E-state index contributed by atoms with van der Waals surface area (Å²) in [6.07, 6.45) is -2.54. The van der Waals surface area contributed by atoms with Crippen molar-refractivity contribution in [3.05, 3.63) is 83.7 Å². The molecule has 0 radical (unpaired) electrons. The molecule has 1 aliphatic rings. The smallest absolute Gasteiger partial charge is 0.475 e. The summed E-state index contributed by atoms with van der Waals surface area (Å²) in [5, 5.41) is 10.9. The van der Waals surface area contributed by atoms with Crippen molar-refractivity contribution in [3.63, 3.8) is 0 Å². The van der Waals surface area contributed by atoms with E-state index >= 15 is 0 Å². The lowest BCUT2D eigenvalue weighted by molar-refractivity contribution is -0.192. The van der Waals surface area contributed by atoms with E-state index in [9.17, 15) is 26.7 Å². The van der Waals surface area contributed by atoms with Gasteiger partial charge in [-0.2, -0.15) is 13.2 Å². The second-order valence-electron chi connectivity index (χ2n) is 13.5. The molecule has 1 saturated heterocycles. The molecule has 0 saturated carbocycles. The third kappa shape index (κ3) is 10.6. The molecule has 252 valence electrons. The number of halogens is 5. The topological polar surface area (TPSA) is 83.8 Å². The Labute approximate surface area is 266 Å². The van der Waals surface area contributed by atoms with Gasteiger partial charge in [0.05, 0.1) is 6.04 Å². The van der Waals surface area contributed by atoms with Crippen LogP contribution in [0.15, 0.2) is 60.8 Å². The molecule has 12 heteroatoms. The summed E-state index contributed by atoms with van der Waals surface area (Å²) in [4.78, 5) is 23.2. The highest BCUT2D eigenvalue weighted by atomic mass is 19.4. The minimum absolute atomic E-state index is 0.0674. The minimum atomic E-state index is -5.08. The maximum Gasteiger partial charge on any atom is 0.490 e. The fourth-order valence-corrected chi connectivity index (χ4v) is 5.18. The molecule has 2 N–H and O–H groups in total. The average Bonchev–Trinajstić information content (AvgIpc) is 3.57. The number of hydrogen-bond donors (Lipinski definition) is 2. The molecule has 1 amide bonds. The summed E-state index contributed by atoms with van der Waals surface area (Å²) in [7, 11) is 0. The van der Waals surface area contributed by atoms with Gasteiger partial charge in [0.2, 0.25) is 0 Å². The van der Waals surface area contributed by atoms with E-state index in [0.29, 0.717) is 31.1 Å². The number of benzene rings is 2. The van der Waals surface area contributed by atoms with E-state index < -0.39 is 29.4 Å². The Balaban J connectivity index is 0.000000738. The van der Waals surface area contributed by atoms with Crippen molar-refractivity contribution in [1.29, 1.82) is 0 Å². The molecule has 4 rings (SSSR count). The number of carboxylic acid groups (broad SMARTS) is 1. The molecule has 7 nitrogen and oxygen atoms in total. The van der Waals surface area contributed by atoms with Crippen LogP contribution in [0.3, 0.4) is 0 Å². The van der Waals surface area contributed by atoms with Crippen molar-refractivity contribution in [1.82, 2.24) is 14.8 Å². The summed E-state index contributed by atoms with van der Waals surface area (Å²) in [5.41, 5.74) is 2.33. The highest BCUT2D eigenvalue weighted by Crippen LogP contribution is 2.37. The van der Waals surface area contributed by atoms with Gasteiger partial charge >= 0.3 is 18.2 Å². The molecule has 3 aromatic rings. The zero-order valence-electron chi connectivity index (χ0n) is 26.9. The number of nitrogens with zero attached hydrogens (tertiary/aromatic N) is 2. The monoisotopic (exact) mass is 651 g/mol. The molecule has 0 unspecified atom stereocenters. The number of likely N-dealkylation sites (tertiary alicyclic amines) is 1. The Morgan fingerprint density at radius 1 is 1.00 bits per heavy atom. The van der Waals surface area contributed by atoms with E-state index in [-0.39, 0.29) is 23.1 Å². The molecule has 0 aliphatic carbocycles. The summed E-state index contributed by atoms with van der Waals surface area (Å²) < 4.78 is 68.3. The van der Waals surface area contributed by atoms with Crippen LogP contribution in [0.5, 0.6) is 0 Å². The molecule has 0 bridgehead atoms. The van der Waals surface area contributed by atoms with Crippen molar-refractivity contribution in [2.24, 2.45) is 11.3 Å². The second kappa shape index (κ2) is 14.7. The molecule has 2 aromatic carbocycles. The molecular weight excluding hydrogens is 609 g/mol. The van der Waals surface area contributed by atoms with Gasteiger partial charge in [-0.05, 0) is 68.4 Å². The predicted octanol–water partition coefficient (Wildman–Crippen LogP) is 8.05. The molecule has 2 atom stereocenters. The number of nitrogens with one attached hydrogen (secondary N) is 1. The molecular formula is C34H42F5N3O4. The van der Waals surface area contributed by atoms with Crippen LogP contribution < -0.4 is 5.32 Å². The number of aliphatic carboxylic acids is 1. The van der Waals surface area contributed by atoms with E-state index in [4.69, 9.17) is 14.6 Å². The second-order valence-corrected chi connectivity index (χ2v) is 13.5. The maximum atomic E-state index is 14.8. The number of rotatable bonds is 7. The van der Waals surface area contributed by atoms with Crippen LogP contribution in [0.4, 0.5) is 26.7 Å². The first-order chi connectivity index (χ1) is 21.2. The van der Waals surface area contributed by atoms with E-state index in [1.807, 2.05) is 51.2 Å². The van der Waals surface area contributed by atoms with Gasteiger partial charge in [0, 0.05) is 49.2 Å². The Morgan fingerprint density at radius 3 is 2.20 bits per heavy atom. The first-order valence-corrected chi connectivity index (χ1v) is 15.0. The Hall–Kier alpha value is -3.93. The van der Waals surface area contributed by atoms with E-state index in [2.05, 4.69) is 42.8 Å². The number of amides is 1. The normalized spacial score (nSPS) is 16.1. The maximum absolute atomic E-state index is 14.8. The van der Waals surface area contributed by atoms with Crippen LogP contribution in [-0.4, -0.2) is 58.0 Å². The van der Waals surface area contributed by atoms with E-state index in [0.717, 1.165) is 30.3 Å². The lowest BCUT2D eigenvalue weighted by Crippen LogP contribution is -2.38. The SMILES string of the molecule is CC(C)(C)OC(=O)N1CC[C@H](CN[C@@H](c2cc(-c3cc(F)ccc3F)cn2Cc2ccccc2)C(C)(C)C)C1.O=C(O)C(F)(F)F. The number of carboxylic acids is 1. The standard InChI is InChI=1S/C32H41F2N3O2.C2HF3O2/c1-31(2,3)29(35-18-23-14-15-36(20-23)30(38)39-32(4,5)6)28-16-24(26-17-25(33)12-13-27(26)34)21-37(28)19-22-10-8-7-9-11-22;3-2(4,5)1(6)7/h7-13,16-17,21,23,29,35H,14-15,18-20H2,1-6H3;(H,6,7)/t23-,29+;/m1./s1. The summed E-state index contributed by atoms with van der Waals surface area (Å²) in [5.74, 6) is -3.38. The largest absolute Gasteiger partial charge is 0.490 e. The predicted molar refractivity (Wildman–Crippen MR) is 165 cm³/mol. The Bertz CT molecular complexity index is 1480. The van der Waals surface area contributed by atoms with Crippen molar-refractivity contribution in [2.45, 2.75) is 72.3 Å². The minimum Gasteiger partial charge on any atom is -0.475 e. The number of alkyl halides is 3. The van der Waals surface area contributed by atoms with Gasteiger partial charge in [0.25, 0.3) is 0 Å². The van der Waals surface area contributed by atoms with Crippen LogP contribution in [0.2, 0.25) is 0 Å². The number of carbonyl (C=O) groups excluding carboxylic acids is 1. The van der Waals surface area contributed by atoms with E-state index in [1.54, 1.807) is 4.90 Å². The average molecular weight is 652 g/mol.